The van der Waals surface area contributed by atoms with E-state index in [0.717, 1.165) is 25.9 Å². The van der Waals surface area contributed by atoms with Gasteiger partial charge in [-0.3, -0.25) is 0 Å². The number of rotatable bonds is 6. The molecule has 0 aliphatic carbocycles. The molecule has 72 valence electrons. The molecule has 0 aromatic rings. The maximum absolute atomic E-state index is 5.80. The van der Waals surface area contributed by atoms with E-state index in [9.17, 15) is 0 Å². The van der Waals surface area contributed by atoms with Crippen molar-refractivity contribution in [2.24, 2.45) is 5.73 Å². The fraction of sp³-hybridized carbons (Fsp3) is 0.800. The molecule has 0 aromatic carbocycles. The van der Waals surface area contributed by atoms with E-state index in [4.69, 9.17) is 5.73 Å². The van der Waals surface area contributed by atoms with Gasteiger partial charge in [0, 0.05) is 12.6 Å². The van der Waals surface area contributed by atoms with Crippen molar-refractivity contribution >= 4 is 0 Å². The first-order chi connectivity index (χ1) is 5.56. The molecule has 2 heteroatoms. The van der Waals surface area contributed by atoms with E-state index < -0.39 is 0 Å². The van der Waals surface area contributed by atoms with Crippen LogP contribution >= 0.6 is 0 Å². The number of likely N-dealkylation sites (N-methyl/N-ethyl adjacent to an activating group) is 1. The van der Waals surface area contributed by atoms with Crippen molar-refractivity contribution in [2.75, 3.05) is 20.1 Å². The van der Waals surface area contributed by atoms with E-state index in [-0.39, 0.29) is 0 Å². The van der Waals surface area contributed by atoms with Crippen LogP contribution in [-0.4, -0.2) is 31.1 Å². The van der Waals surface area contributed by atoms with Gasteiger partial charge in [-0.2, -0.15) is 0 Å². The summed E-state index contributed by atoms with van der Waals surface area (Å²) >= 11 is 0. The smallest absolute Gasteiger partial charge is 0.0184 e. The van der Waals surface area contributed by atoms with Gasteiger partial charge in [-0.15, -0.1) is 0 Å². The van der Waals surface area contributed by atoms with Gasteiger partial charge in [0.05, 0.1) is 0 Å². The third-order valence-electron chi connectivity index (χ3n) is 1.95. The Kier molecular flexibility index (Phi) is 6.03. The molecule has 12 heavy (non-hydrogen) atoms. The highest BCUT2D eigenvalue weighted by Crippen LogP contribution is 1.98. The lowest BCUT2D eigenvalue weighted by Crippen LogP contribution is -2.28. The van der Waals surface area contributed by atoms with Crippen LogP contribution in [0.1, 0.15) is 26.7 Å². The minimum atomic E-state index is 0.359. The average molecular weight is 170 g/mol. The predicted octanol–water partition coefficient (Wildman–Crippen LogP) is 1.62. The Labute approximate surface area is 76.4 Å². The molecular formula is C10H22N2. The molecule has 2 nitrogen and oxygen atoms in total. The third kappa shape index (κ3) is 6.38. The lowest BCUT2D eigenvalue weighted by Gasteiger charge is -2.18. The molecule has 1 atom stereocenters. The van der Waals surface area contributed by atoms with Gasteiger partial charge >= 0.3 is 0 Å². The highest BCUT2D eigenvalue weighted by atomic mass is 15.1. The monoisotopic (exact) mass is 170 g/mol. The second-order valence-electron chi connectivity index (χ2n) is 3.65. The molecule has 0 radical (unpaired) electrons. The first kappa shape index (κ1) is 11.7. The Balaban J connectivity index is 3.43. The molecule has 0 aliphatic rings. The molecule has 0 amide bonds. The minimum Gasteiger partial charge on any atom is -0.328 e. The van der Waals surface area contributed by atoms with Gasteiger partial charge < -0.3 is 10.6 Å². The summed E-state index contributed by atoms with van der Waals surface area (Å²) in [6, 6.07) is 0.359. The zero-order chi connectivity index (χ0) is 9.56. The normalized spacial score (nSPS) is 13.4. The summed E-state index contributed by atoms with van der Waals surface area (Å²) in [5.41, 5.74) is 7.01. The van der Waals surface area contributed by atoms with Crippen molar-refractivity contribution in [3.8, 4) is 0 Å². The SMILES string of the molecule is C=C(C)CN(C)CCC(N)CC. The van der Waals surface area contributed by atoms with E-state index in [1.54, 1.807) is 0 Å². The van der Waals surface area contributed by atoms with E-state index >= 15 is 0 Å². The number of nitrogens with two attached hydrogens (primary N) is 1. The number of hydrogen-bond acceptors (Lipinski definition) is 2. The van der Waals surface area contributed by atoms with E-state index in [1.807, 2.05) is 0 Å². The van der Waals surface area contributed by atoms with Gasteiger partial charge in [-0.25, -0.2) is 0 Å². The predicted molar refractivity (Wildman–Crippen MR) is 55.2 cm³/mol. The molecule has 0 saturated heterocycles. The molecule has 0 rings (SSSR count). The van der Waals surface area contributed by atoms with Crippen LogP contribution in [0.4, 0.5) is 0 Å². The molecule has 0 aliphatic heterocycles. The topological polar surface area (TPSA) is 29.3 Å². The summed E-state index contributed by atoms with van der Waals surface area (Å²) in [6.45, 7) is 10.1. The van der Waals surface area contributed by atoms with E-state index in [0.29, 0.717) is 6.04 Å². The van der Waals surface area contributed by atoms with Crippen LogP contribution in [0.5, 0.6) is 0 Å². The van der Waals surface area contributed by atoms with Crippen LogP contribution in [-0.2, 0) is 0 Å². The molecule has 0 heterocycles. The van der Waals surface area contributed by atoms with Crippen molar-refractivity contribution in [1.82, 2.24) is 4.90 Å². The fourth-order valence-electron chi connectivity index (χ4n) is 1.13. The van der Waals surface area contributed by atoms with Crippen molar-refractivity contribution in [1.29, 1.82) is 0 Å². The maximum atomic E-state index is 5.80. The van der Waals surface area contributed by atoms with Gasteiger partial charge in [-0.05, 0) is 33.4 Å². The third-order valence-corrected chi connectivity index (χ3v) is 1.95. The van der Waals surface area contributed by atoms with Crippen LogP contribution in [0.15, 0.2) is 12.2 Å². The lowest BCUT2D eigenvalue weighted by molar-refractivity contribution is 0.340. The molecule has 0 fully saturated rings. The summed E-state index contributed by atoms with van der Waals surface area (Å²) in [5, 5.41) is 0. The molecule has 0 saturated carbocycles. The molecule has 2 N–H and O–H groups in total. The molecular weight excluding hydrogens is 148 g/mol. The highest BCUT2D eigenvalue weighted by molar-refractivity contribution is 4.91. The van der Waals surface area contributed by atoms with Crippen LogP contribution in [0.2, 0.25) is 0 Å². The minimum absolute atomic E-state index is 0.359. The first-order valence-corrected chi connectivity index (χ1v) is 4.64. The summed E-state index contributed by atoms with van der Waals surface area (Å²) in [4.78, 5) is 2.26. The Morgan fingerprint density at radius 3 is 2.58 bits per heavy atom. The van der Waals surface area contributed by atoms with Gasteiger partial charge in [-0.1, -0.05) is 19.1 Å². The van der Waals surface area contributed by atoms with Crippen molar-refractivity contribution in [2.45, 2.75) is 32.7 Å². The quantitative estimate of drug-likeness (QED) is 0.614. The van der Waals surface area contributed by atoms with Crippen LogP contribution in [0.25, 0.3) is 0 Å². The summed E-state index contributed by atoms with van der Waals surface area (Å²) in [5.74, 6) is 0. The largest absolute Gasteiger partial charge is 0.328 e. The zero-order valence-corrected chi connectivity index (χ0v) is 8.64. The van der Waals surface area contributed by atoms with E-state index in [2.05, 4.69) is 32.4 Å². The van der Waals surface area contributed by atoms with E-state index in [1.165, 1.54) is 5.57 Å². The van der Waals surface area contributed by atoms with Crippen molar-refractivity contribution in [3.05, 3.63) is 12.2 Å². The Morgan fingerprint density at radius 1 is 1.58 bits per heavy atom. The molecule has 0 spiro atoms. The standard InChI is InChI=1S/C10H22N2/c1-5-10(11)6-7-12(4)8-9(2)3/h10H,2,5-8,11H2,1,3-4H3. The van der Waals surface area contributed by atoms with Gasteiger partial charge in [0.2, 0.25) is 0 Å². The lowest BCUT2D eigenvalue weighted by atomic mass is 10.1. The Morgan fingerprint density at radius 2 is 2.17 bits per heavy atom. The molecule has 0 bridgehead atoms. The Hall–Kier alpha value is -0.340. The van der Waals surface area contributed by atoms with Crippen LogP contribution < -0.4 is 5.73 Å². The second-order valence-corrected chi connectivity index (χ2v) is 3.65. The summed E-state index contributed by atoms with van der Waals surface area (Å²) in [7, 11) is 2.11. The van der Waals surface area contributed by atoms with Gasteiger partial charge in [0.25, 0.3) is 0 Å². The van der Waals surface area contributed by atoms with Gasteiger partial charge in [0.1, 0.15) is 0 Å². The highest BCUT2D eigenvalue weighted by Gasteiger charge is 2.02. The second kappa shape index (κ2) is 6.21. The zero-order valence-electron chi connectivity index (χ0n) is 8.64. The summed E-state index contributed by atoms with van der Waals surface area (Å²) in [6.07, 6.45) is 2.15. The van der Waals surface area contributed by atoms with Crippen LogP contribution in [0.3, 0.4) is 0 Å². The number of nitrogens with zero attached hydrogens (tertiary/aromatic N) is 1. The maximum Gasteiger partial charge on any atom is 0.0184 e. The first-order valence-electron chi connectivity index (χ1n) is 4.64. The fourth-order valence-corrected chi connectivity index (χ4v) is 1.13. The average Bonchev–Trinajstić information content (AvgIpc) is 1.99. The van der Waals surface area contributed by atoms with Crippen molar-refractivity contribution < 1.29 is 0 Å². The molecule has 1 unspecified atom stereocenters. The van der Waals surface area contributed by atoms with Gasteiger partial charge in [0.15, 0.2) is 0 Å². The number of hydrogen-bond donors (Lipinski definition) is 1. The molecule has 0 aromatic heterocycles. The Bertz CT molecular complexity index is 132. The van der Waals surface area contributed by atoms with Crippen LogP contribution in [0, 0.1) is 0 Å². The van der Waals surface area contributed by atoms with Crippen molar-refractivity contribution in [3.63, 3.8) is 0 Å². The summed E-state index contributed by atoms with van der Waals surface area (Å²) < 4.78 is 0.